The number of likely N-dealkylation sites (tertiary alicyclic amines) is 1. The first-order valence-corrected chi connectivity index (χ1v) is 4.58. The number of methoxy groups -OCH3 is 1. The number of hydrogen-bond donors (Lipinski definition) is 0. The summed E-state index contributed by atoms with van der Waals surface area (Å²) >= 11 is 0. The van der Waals surface area contributed by atoms with Crippen molar-refractivity contribution in [3.8, 4) is 0 Å². The largest absolute Gasteiger partial charge is 0.469 e. The fourth-order valence-corrected chi connectivity index (χ4v) is 1.21. The van der Waals surface area contributed by atoms with Crippen LogP contribution in [0.5, 0.6) is 0 Å². The molecule has 1 heterocycles. The van der Waals surface area contributed by atoms with Gasteiger partial charge in [0.2, 0.25) is 5.91 Å². The van der Waals surface area contributed by atoms with Crippen molar-refractivity contribution in [1.29, 1.82) is 0 Å². The quantitative estimate of drug-likeness (QED) is 0.601. The number of carbonyl (C=O) groups is 2. The molecule has 13 heavy (non-hydrogen) atoms. The van der Waals surface area contributed by atoms with E-state index in [1.165, 1.54) is 7.11 Å². The Labute approximate surface area is 77.8 Å². The van der Waals surface area contributed by atoms with Crippen molar-refractivity contribution < 1.29 is 14.3 Å². The van der Waals surface area contributed by atoms with E-state index in [9.17, 15) is 9.59 Å². The van der Waals surface area contributed by atoms with Crippen molar-refractivity contribution in [1.82, 2.24) is 4.90 Å². The summed E-state index contributed by atoms with van der Waals surface area (Å²) in [5, 5.41) is 0. The Morgan fingerprint density at radius 2 is 2.00 bits per heavy atom. The maximum atomic E-state index is 11.3. The van der Waals surface area contributed by atoms with Crippen LogP contribution in [-0.2, 0) is 14.3 Å². The molecule has 1 aliphatic rings. The molecule has 4 nitrogen and oxygen atoms in total. The number of rotatable bonds is 4. The number of esters is 1. The van der Waals surface area contributed by atoms with Crippen LogP contribution in [0.2, 0.25) is 0 Å². The zero-order valence-corrected chi connectivity index (χ0v) is 7.91. The second kappa shape index (κ2) is 4.84. The SMILES string of the molecule is COC(=O)CCCC(=O)N1CCC1. The van der Waals surface area contributed by atoms with Crippen LogP contribution in [0, 0.1) is 0 Å². The van der Waals surface area contributed by atoms with Gasteiger partial charge in [0.25, 0.3) is 0 Å². The molecule has 4 heteroatoms. The molecule has 1 saturated heterocycles. The van der Waals surface area contributed by atoms with E-state index in [4.69, 9.17) is 0 Å². The summed E-state index contributed by atoms with van der Waals surface area (Å²) < 4.78 is 4.47. The van der Waals surface area contributed by atoms with Crippen LogP contribution < -0.4 is 0 Å². The average molecular weight is 185 g/mol. The van der Waals surface area contributed by atoms with Gasteiger partial charge < -0.3 is 9.64 Å². The highest BCUT2D eigenvalue weighted by atomic mass is 16.5. The Balaban J connectivity index is 2.04. The maximum absolute atomic E-state index is 11.3. The van der Waals surface area contributed by atoms with E-state index in [-0.39, 0.29) is 11.9 Å². The van der Waals surface area contributed by atoms with E-state index in [2.05, 4.69) is 4.74 Å². The van der Waals surface area contributed by atoms with E-state index in [0.717, 1.165) is 19.5 Å². The Morgan fingerprint density at radius 3 is 2.46 bits per heavy atom. The van der Waals surface area contributed by atoms with Gasteiger partial charge in [-0.1, -0.05) is 0 Å². The molecule has 0 aliphatic carbocycles. The normalized spacial score (nSPS) is 15.0. The number of nitrogens with zero attached hydrogens (tertiary/aromatic N) is 1. The first-order valence-electron chi connectivity index (χ1n) is 4.58. The first kappa shape index (κ1) is 10.0. The second-order valence-corrected chi connectivity index (χ2v) is 3.16. The van der Waals surface area contributed by atoms with Gasteiger partial charge in [-0.15, -0.1) is 0 Å². The fraction of sp³-hybridized carbons (Fsp3) is 0.778. The molecule has 0 aromatic carbocycles. The van der Waals surface area contributed by atoms with E-state index in [0.29, 0.717) is 19.3 Å². The lowest BCUT2D eigenvalue weighted by molar-refractivity contribution is -0.141. The van der Waals surface area contributed by atoms with Gasteiger partial charge >= 0.3 is 5.97 Å². The van der Waals surface area contributed by atoms with Crippen molar-refractivity contribution in [2.75, 3.05) is 20.2 Å². The number of carbonyl (C=O) groups excluding carboxylic acids is 2. The molecule has 1 fully saturated rings. The van der Waals surface area contributed by atoms with E-state index < -0.39 is 0 Å². The lowest BCUT2D eigenvalue weighted by atomic mass is 10.1. The van der Waals surface area contributed by atoms with Crippen molar-refractivity contribution in [3.05, 3.63) is 0 Å². The topological polar surface area (TPSA) is 46.6 Å². The molecular formula is C9H15NO3. The zero-order chi connectivity index (χ0) is 9.68. The molecular weight excluding hydrogens is 170 g/mol. The molecule has 0 aromatic heterocycles. The number of ether oxygens (including phenoxy) is 1. The highest BCUT2D eigenvalue weighted by molar-refractivity contribution is 5.77. The zero-order valence-electron chi connectivity index (χ0n) is 7.91. The average Bonchev–Trinajstić information content (AvgIpc) is 2.01. The van der Waals surface area contributed by atoms with E-state index in [1.54, 1.807) is 0 Å². The summed E-state index contributed by atoms with van der Waals surface area (Å²) in [5.41, 5.74) is 0. The Bertz CT molecular complexity index is 199. The van der Waals surface area contributed by atoms with Gasteiger partial charge in [0.05, 0.1) is 7.11 Å². The molecule has 1 aliphatic heterocycles. The van der Waals surface area contributed by atoms with Crippen LogP contribution in [-0.4, -0.2) is 37.0 Å². The molecule has 1 amide bonds. The minimum atomic E-state index is -0.239. The molecule has 0 bridgehead atoms. The van der Waals surface area contributed by atoms with Crippen LogP contribution in [0.3, 0.4) is 0 Å². The molecule has 1 rings (SSSR count). The molecule has 0 unspecified atom stereocenters. The second-order valence-electron chi connectivity index (χ2n) is 3.16. The van der Waals surface area contributed by atoms with Gasteiger partial charge in [0.15, 0.2) is 0 Å². The van der Waals surface area contributed by atoms with Crippen LogP contribution in [0.1, 0.15) is 25.7 Å². The third-order valence-corrected chi connectivity index (χ3v) is 2.21. The molecule has 0 aromatic rings. The summed E-state index contributed by atoms with van der Waals surface area (Å²) in [6, 6.07) is 0. The number of hydrogen-bond acceptors (Lipinski definition) is 3. The maximum Gasteiger partial charge on any atom is 0.305 e. The van der Waals surface area contributed by atoms with Gasteiger partial charge in [-0.3, -0.25) is 9.59 Å². The summed E-state index contributed by atoms with van der Waals surface area (Å²) in [6.45, 7) is 1.77. The summed E-state index contributed by atoms with van der Waals surface area (Å²) in [6.07, 6.45) is 2.52. The molecule has 0 spiro atoms. The third kappa shape index (κ3) is 3.05. The third-order valence-electron chi connectivity index (χ3n) is 2.21. The highest BCUT2D eigenvalue weighted by Gasteiger charge is 2.19. The Kier molecular flexibility index (Phi) is 3.73. The van der Waals surface area contributed by atoms with Crippen LogP contribution in [0.4, 0.5) is 0 Å². The molecule has 0 atom stereocenters. The lowest BCUT2D eigenvalue weighted by Gasteiger charge is -2.30. The van der Waals surface area contributed by atoms with Crippen LogP contribution >= 0.6 is 0 Å². The van der Waals surface area contributed by atoms with Crippen molar-refractivity contribution in [2.45, 2.75) is 25.7 Å². The summed E-state index contributed by atoms with van der Waals surface area (Å²) in [7, 11) is 1.36. The lowest BCUT2D eigenvalue weighted by Crippen LogP contribution is -2.41. The predicted molar refractivity (Wildman–Crippen MR) is 47.1 cm³/mol. The predicted octanol–water partition coefficient (Wildman–Crippen LogP) is 0.562. The van der Waals surface area contributed by atoms with Crippen LogP contribution in [0.25, 0.3) is 0 Å². The van der Waals surface area contributed by atoms with E-state index in [1.807, 2.05) is 4.90 Å². The Hall–Kier alpha value is -1.06. The molecule has 0 saturated carbocycles. The monoisotopic (exact) mass is 185 g/mol. The first-order chi connectivity index (χ1) is 6.24. The Morgan fingerprint density at radius 1 is 1.31 bits per heavy atom. The van der Waals surface area contributed by atoms with E-state index >= 15 is 0 Å². The molecule has 74 valence electrons. The van der Waals surface area contributed by atoms with Crippen molar-refractivity contribution in [2.24, 2.45) is 0 Å². The van der Waals surface area contributed by atoms with Gasteiger partial charge in [-0.2, -0.15) is 0 Å². The minimum absolute atomic E-state index is 0.162. The molecule has 0 radical (unpaired) electrons. The highest BCUT2D eigenvalue weighted by Crippen LogP contribution is 2.09. The number of amides is 1. The van der Waals surface area contributed by atoms with Crippen molar-refractivity contribution >= 4 is 11.9 Å². The minimum Gasteiger partial charge on any atom is -0.469 e. The summed E-state index contributed by atoms with van der Waals surface area (Å²) in [4.78, 5) is 23.8. The van der Waals surface area contributed by atoms with Gasteiger partial charge in [-0.25, -0.2) is 0 Å². The van der Waals surface area contributed by atoms with Crippen molar-refractivity contribution in [3.63, 3.8) is 0 Å². The van der Waals surface area contributed by atoms with Crippen LogP contribution in [0.15, 0.2) is 0 Å². The van der Waals surface area contributed by atoms with Gasteiger partial charge in [0, 0.05) is 25.9 Å². The smallest absolute Gasteiger partial charge is 0.305 e. The molecule has 0 N–H and O–H groups in total. The summed E-state index contributed by atoms with van der Waals surface area (Å²) in [5.74, 6) is -0.0773. The van der Waals surface area contributed by atoms with Gasteiger partial charge in [0.1, 0.15) is 0 Å². The fourth-order valence-electron chi connectivity index (χ4n) is 1.21. The van der Waals surface area contributed by atoms with Gasteiger partial charge in [-0.05, 0) is 12.8 Å². The standard InChI is InChI=1S/C9H15NO3/c1-13-9(12)5-2-4-8(11)10-6-3-7-10/h2-7H2,1H3.